The Bertz CT molecular complexity index is 1310. The number of ether oxygens (including phenoxy) is 1. The predicted molar refractivity (Wildman–Crippen MR) is 122 cm³/mol. The van der Waals surface area contributed by atoms with E-state index in [2.05, 4.69) is 0 Å². The number of benzene rings is 3. The molecule has 1 saturated heterocycles. The van der Waals surface area contributed by atoms with Gasteiger partial charge in [0.2, 0.25) is 0 Å². The van der Waals surface area contributed by atoms with Crippen LogP contribution in [0.3, 0.4) is 0 Å². The molecule has 33 heavy (non-hydrogen) atoms. The number of aliphatic hydroxyl groups excluding tert-OH is 1. The molecule has 1 atom stereocenters. The Labute approximate surface area is 190 Å². The first-order chi connectivity index (χ1) is 15.7. The summed E-state index contributed by atoms with van der Waals surface area (Å²) in [5.74, 6) is -2.20. The number of aryl methyl sites for hydroxylation is 2. The van der Waals surface area contributed by atoms with E-state index in [0.717, 1.165) is 16.5 Å². The molecule has 0 aromatic heterocycles. The zero-order valence-corrected chi connectivity index (χ0v) is 18.3. The molecule has 0 bridgehead atoms. The number of carbonyl (C=O) groups is 2. The number of phenols is 1. The summed E-state index contributed by atoms with van der Waals surface area (Å²) < 4.78 is 19.3. The summed E-state index contributed by atoms with van der Waals surface area (Å²) in [5, 5.41) is 21.3. The molecule has 0 saturated carbocycles. The number of amides is 1. The number of halogens is 1. The molecule has 7 heteroatoms. The monoisotopic (exact) mass is 447 g/mol. The van der Waals surface area contributed by atoms with Crippen LogP contribution in [-0.2, 0) is 9.59 Å². The fraction of sp³-hybridized carbons (Fsp3) is 0.154. The van der Waals surface area contributed by atoms with Crippen molar-refractivity contribution in [2.75, 3.05) is 12.0 Å². The number of anilines is 1. The van der Waals surface area contributed by atoms with Crippen LogP contribution in [-0.4, -0.2) is 29.0 Å². The van der Waals surface area contributed by atoms with Gasteiger partial charge in [-0.1, -0.05) is 18.2 Å². The molecule has 0 radical (unpaired) electrons. The van der Waals surface area contributed by atoms with Crippen molar-refractivity contribution in [3.8, 4) is 11.5 Å². The Morgan fingerprint density at radius 3 is 2.39 bits per heavy atom. The molecule has 3 aromatic rings. The summed E-state index contributed by atoms with van der Waals surface area (Å²) in [6.45, 7) is 3.55. The highest BCUT2D eigenvalue weighted by Crippen LogP contribution is 2.43. The number of aliphatic hydroxyl groups is 1. The van der Waals surface area contributed by atoms with Gasteiger partial charge in [-0.15, -0.1) is 0 Å². The van der Waals surface area contributed by atoms with Crippen molar-refractivity contribution < 1.29 is 28.9 Å². The zero-order valence-electron chi connectivity index (χ0n) is 18.3. The molecule has 4 rings (SSSR count). The number of ketones is 1. The van der Waals surface area contributed by atoms with Crippen molar-refractivity contribution in [3.05, 3.63) is 94.3 Å². The van der Waals surface area contributed by atoms with Gasteiger partial charge in [-0.2, -0.15) is 0 Å². The molecule has 0 aliphatic carbocycles. The highest BCUT2D eigenvalue weighted by Gasteiger charge is 2.47. The van der Waals surface area contributed by atoms with Crippen LogP contribution in [0.5, 0.6) is 11.5 Å². The van der Waals surface area contributed by atoms with Crippen LogP contribution in [0.25, 0.3) is 5.76 Å². The van der Waals surface area contributed by atoms with Crippen molar-refractivity contribution in [3.63, 3.8) is 0 Å². The lowest BCUT2D eigenvalue weighted by Crippen LogP contribution is -2.29. The van der Waals surface area contributed by atoms with Crippen molar-refractivity contribution >= 4 is 23.1 Å². The second-order valence-electron chi connectivity index (χ2n) is 7.88. The van der Waals surface area contributed by atoms with Crippen LogP contribution in [0.1, 0.15) is 28.3 Å². The Hall–Kier alpha value is -4.13. The van der Waals surface area contributed by atoms with Crippen molar-refractivity contribution in [2.45, 2.75) is 19.9 Å². The standard InChI is InChI=1S/C26H22FNO5/c1-14-11-21(33-3)15(2)10-20(14)24(30)22-23(16-6-4-9-19(29)12-16)28(26(32)25(22)31)18-8-5-7-17(27)13-18/h4-13,23,29-30H,1-3H3/b24-22+. The largest absolute Gasteiger partial charge is 0.508 e. The Balaban J connectivity index is 1.99. The summed E-state index contributed by atoms with van der Waals surface area (Å²) in [7, 11) is 1.54. The van der Waals surface area contributed by atoms with Crippen molar-refractivity contribution in [2.24, 2.45) is 0 Å². The zero-order chi connectivity index (χ0) is 23.9. The lowest BCUT2D eigenvalue weighted by atomic mass is 9.93. The number of hydrogen-bond donors (Lipinski definition) is 2. The van der Waals surface area contributed by atoms with Gasteiger partial charge in [0.05, 0.1) is 18.7 Å². The van der Waals surface area contributed by atoms with Crippen molar-refractivity contribution in [1.82, 2.24) is 0 Å². The lowest BCUT2D eigenvalue weighted by molar-refractivity contribution is -0.132. The van der Waals surface area contributed by atoms with Crippen LogP contribution in [0.4, 0.5) is 10.1 Å². The Morgan fingerprint density at radius 1 is 1.00 bits per heavy atom. The molecule has 168 valence electrons. The van der Waals surface area contributed by atoms with E-state index in [-0.39, 0.29) is 22.8 Å². The molecule has 1 aliphatic rings. The van der Waals surface area contributed by atoms with Gasteiger partial charge in [0.25, 0.3) is 11.7 Å². The number of nitrogens with zero attached hydrogens (tertiary/aromatic N) is 1. The quantitative estimate of drug-likeness (QED) is 0.341. The van der Waals surface area contributed by atoms with Crippen LogP contribution in [0.15, 0.2) is 66.2 Å². The van der Waals surface area contributed by atoms with Crippen LogP contribution < -0.4 is 9.64 Å². The summed E-state index contributed by atoms with van der Waals surface area (Å²) in [6.07, 6.45) is 0. The summed E-state index contributed by atoms with van der Waals surface area (Å²) in [5.41, 5.74) is 2.15. The van der Waals surface area contributed by atoms with E-state index in [1.807, 2.05) is 0 Å². The maximum atomic E-state index is 14.0. The normalized spacial score (nSPS) is 17.5. The summed E-state index contributed by atoms with van der Waals surface area (Å²) >= 11 is 0. The molecule has 0 spiro atoms. The first kappa shape index (κ1) is 22.1. The van der Waals surface area contributed by atoms with E-state index in [4.69, 9.17) is 4.74 Å². The third-order valence-electron chi connectivity index (χ3n) is 5.71. The molecule has 3 aromatic carbocycles. The van der Waals surface area contributed by atoms with Gasteiger partial charge >= 0.3 is 0 Å². The van der Waals surface area contributed by atoms with Crippen LogP contribution in [0, 0.1) is 19.7 Å². The van der Waals surface area contributed by atoms with E-state index in [1.54, 1.807) is 38.1 Å². The SMILES string of the molecule is COc1cc(C)c(/C(O)=C2\C(=O)C(=O)N(c3cccc(F)c3)C2c2cccc(O)c2)cc1C. The number of Topliss-reactive ketones (excluding diaryl/α,β-unsaturated/α-hetero) is 1. The fourth-order valence-electron chi connectivity index (χ4n) is 4.14. The van der Waals surface area contributed by atoms with E-state index in [0.29, 0.717) is 22.4 Å². The molecule has 1 heterocycles. The third kappa shape index (κ3) is 3.82. The highest BCUT2D eigenvalue weighted by molar-refractivity contribution is 6.51. The number of methoxy groups -OCH3 is 1. The number of phenolic OH excluding ortho intramolecular Hbond substituents is 1. The Morgan fingerprint density at radius 2 is 1.73 bits per heavy atom. The maximum absolute atomic E-state index is 14.0. The topological polar surface area (TPSA) is 87.1 Å². The number of carbonyl (C=O) groups excluding carboxylic acids is 2. The van der Waals surface area contributed by atoms with Gasteiger partial charge in [-0.05, 0) is 73.0 Å². The minimum absolute atomic E-state index is 0.0752. The third-order valence-corrected chi connectivity index (χ3v) is 5.71. The minimum atomic E-state index is -1.07. The first-order valence-electron chi connectivity index (χ1n) is 10.2. The van der Waals surface area contributed by atoms with Gasteiger partial charge in [0, 0.05) is 11.3 Å². The molecule has 6 nitrogen and oxygen atoms in total. The average Bonchev–Trinajstić information content (AvgIpc) is 3.05. The van der Waals surface area contributed by atoms with Crippen LogP contribution >= 0.6 is 0 Å². The second kappa shape index (κ2) is 8.43. The molecular formula is C26H22FNO5. The number of aromatic hydroxyl groups is 1. The molecule has 1 fully saturated rings. The second-order valence-corrected chi connectivity index (χ2v) is 7.88. The minimum Gasteiger partial charge on any atom is -0.508 e. The van der Waals surface area contributed by atoms with Gasteiger partial charge in [0.1, 0.15) is 23.1 Å². The predicted octanol–water partition coefficient (Wildman–Crippen LogP) is 4.78. The van der Waals surface area contributed by atoms with Crippen LogP contribution in [0.2, 0.25) is 0 Å². The molecule has 1 amide bonds. The smallest absolute Gasteiger partial charge is 0.300 e. The van der Waals surface area contributed by atoms with Gasteiger partial charge < -0.3 is 14.9 Å². The van der Waals surface area contributed by atoms with Gasteiger partial charge in [0.15, 0.2) is 0 Å². The van der Waals surface area contributed by atoms with E-state index in [9.17, 15) is 24.2 Å². The van der Waals surface area contributed by atoms with E-state index in [1.165, 1.54) is 37.4 Å². The van der Waals surface area contributed by atoms with E-state index < -0.39 is 23.5 Å². The first-order valence-corrected chi connectivity index (χ1v) is 10.2. The lowest BCUT2D eigenvalue weighted by Gasteiger charge is -2.25. The maximum Gasteiger partial charge on any atom is 0.300 e. The summed E-state index contributed by atoms with van der Waals surface area (Å²) in [4.78, 5) is 27.4. The number of hydrogen-bond acceptors (Lipinski definition) is 5. The molecule has 2 N–H and O–H groups in total. The van der Waals surface area contributed by atoms with Crippen molar-refractivity contribution in [1.29, 1.82) is 0 Å². The highest BCUT2D eigenvalue weighted by atomic mass is 19.1. The molecule has 1 unspecified atom stereocenters. The van der Waals surface area contributed by atoms with E-state index >= 15 is 0 Å². The Kier molecular flexibility index (Phi) is 5.64. The molecular weight excluding hydrogens is 425 g/mol. The number of rotatable bonds is 4. The molecule has 1 aliphatic heterocycles. The van der Waals surface area contributed by atoms with Gasteiger partial charge in [-0.3, -0.25) is 14.5 Å². The fourth-order valence-corrected chi connectivity index (χ4v) is 4.14. The average molecular weight is 447 g/mol. The summed E-state index contributed by atoms with van der Waals surface area (Å²) in [6, 6.07) is 13.7. The van der Waals surface area contributed by atoms with Gasteiger partial charge in [-0.25, -0.2) is 4.39 Å².